The van der Waals surface area contributed by atoms with Crippen LogP contribution in [0.2, 0.25) is 0 Å². The van der Waals surface area contributed by atoms with Crippen molar-refractivity contribution >= 4 is 9.84 Å². The number of hydrogen-bond acceptors (Lipinski definition) is 3. The van der Waals surface area contributed by atoms with Crippen molar-refractivity contribution < 1.29 is 8.42 Å². The van der Waals surface area contributed by atoms with Gasteiger partial charge in [-0.3, -0.25) is 0 Å². The minimum absolute atomic E-state index is 0.0843. The third kappa shape index (κ3) is 4.51. The maximum Gasteiger partial charge on any atom is 0.150 e. The Labute approximate surface area is 93.3 Å². The minimum Gasteiger partial charge on any atom is -0.327 e. The maximum atomic E-state index is 11.3. The van der Waals surface area contributed by atoms with Gasteiger partial charge in [0.1, 0.15) is 0 Å². The van der Waals surface area contributed by atoms with Crippen LogP contribution in [0, 0.1) is 11.8 Å². The molecule has 2 unspecified atom stereocenters. The predicted octanol–water partition coefficient (Wildman–Crippen LogP) is 1.57. The van der Waals surface area contributed by atoms with Crippen LogP contribution in [0.5, 0.6) is 0 Å². The molecule has 1 rings (SSSR count). The van der Waals surface area contributed by atoms with E-state index in [2.05, 4.69) is 13.8 Å². The average molecular weight is 233 g/mol. The molecule has 0 spiro atoms. The Bertz CT molecular complexity index is 285. The van der Waals surface area contributed by atoms with E-state index in [1.165, 1.54) is 6.42 Å². The van der Waals surface area contributed by atoms with E-state index < -0.39 is 9.84 Å². The van der Waals surface area contributed by atoms with Gasteiger partial charge in [0.2, 0.25) is 0 Å². The molecule has 0 aromatic rings. The fraction of sp³-hybridized carbons (Fsp3) is 1.00. The molecule has 0 bridgehead atoms. The first-order valence-corrected chi connectivity index (χ1v) is 7.69. The predicted molar refractivity (Wildman–Crippen MR) is 63.4 cm³/mol. The van der Waals surface area contributed by atoms with Crippen LogP contribution in [0.1, 0.15) is 39.5 Å². The van der Waals surface area contributed by atoms with E-state index in [-0.39, 0.29) is 12.0 Å². The monoisotopic (exact) mass is 233 g/mol. The standard InChI is InChI=1S/C11H23NO2S/c1-9(2)4-3-5-11(12)10-6-7-15(13,14)8-10/h9-11H,3-8,12H2,1-2H3. The molecule has 0 aliphatic carbocycles. The summed E-state index contributed by atoms with van der Waals surface area (Å²) in [6.45, 7) is 4.40. The van der Waals surface area contributed by atoms with E-state index in [0.717, 1.165) is 19.3 Å². The van der Waals surface area contributed by atoms with Crippen LogP contribution < -0.4 is 5.73 Å². The number of sulfone groups is 1. The van der Waals surface area contributed by atoms with Crippen LogP contribution in [-0.4, -0.2) is 26.0 Å². The van der Waals surface area contributed by atoms with E-state index >= 15 is 0 Å². The lowest BCUT2D eigenvalue weighted by atomic mass is 9.94. The summed E-state index contributed by atoms with van der Waals surface area (Å²) < 4.78 is 22.5. The van der Waals surface area contributed by atoms with E-state index in [0.29, 0.717) is 17.4 Å². The average Bonchev–Trinajstić information content (AvgIpc) is 2.45. The molecule has 2 atom stereocenters. The fourth-order valence-electron chi connectivity index (χ4n) is 2.16. The highest BCUT2D eigenvalue weighted by atomic mass is 32.2. The van der Waals surface area contributed by atoms with Crippen molar-refractivity contribution in [3.63, 3.8) is 0 Å². The van der Waals surface area contributed by atoms with Crippen LogP contribution >= 0.6 is 0 Å². The summed E-state index contributed by atoms with van der Waals surface area (Å²) in [4.78, 5) is 0. The summed E-state index contributed by atoms with van der Waals surface area (Å²) in [6.07, 6.45) is 4.05. The molecule has 1 saturated heterocycles. The molecule has 3 nitrogen and oxygen atoms in total. The maximum absolute atomic E-state index is 11.3. The lowest BCUT2D eigenvalue weighted by molar-refractivity contribution is 0.408. The molecular formula is C11H23NO2S. The quantitative estimate of drug-likeness (QED) is 0.784. The summed E-state index contributed by atoms with van der Waals surface area (Å²) in [5.74, 6) is 1.58. The first-order chi connectivity index (χ1) is 6.91. The van der Waals surface area contributed by atoms with E-state index in [4.69, 9.17) is 5.73 Å². The summed E-state index contributed by atoms with van der Waals surface area (Å²) >= 11 is 0. The Kier molecular flexibility index (Phi) is 4.59. The first kappa shape index (κ1) is 13.0. The lowest BCUT2D eigenvalue weighted by Gasteiger charge is -2.17. The second-order valence-electron chi connectivity index (χ2n) is 5.15. The van der Waals surface area contributed by atoms with E-state index in [1.807, 2.05) is 0 Å². The van der Waals surface area contributed by atoms with Crippen molar-refractivity contribution in [2.75, 3.05) is 11.5 Å². The highest BCUT2D eigenvalue weighted by Crippen LogP contribution is 2.23. The molecular weight excluding hydrogens is 210 g/mol. The number of nitrogens with two attached hydrogens (primary N) is 1. The van der Waals surface area contributed by atoms with Gasteiger partial charge >= 0.3 is 0 Å². The highest BCUT2D eigenvalue weighted by Gasteiger charge is 2.31. The van der Waals surface area contributed by atoms with Gasteiger partial charge in [-0.25, -0.2) is 8.42 Å². The van der Waals surface area contributed by atoms with Crippen LogP contribution in [0.15, 0.2) is 0 Å². The lowest BCUT2D eigenvalue weighted by Crippen LogP contribution is -2.30. The van der Waals surface area contributed by atoms with Crippen LogP contribution in [0.3, 0.4) is 0 Å². The molecule has 0 saturated carbocycles. The van der Waals surface area contributed by atoms with Gasteiger partial charge in [-0.05, 0) is 24.7 Å². The Morgan fingerprint density at radius 3 is 2.47 bits per heavy atom. The summed E-state index contributed by atoms with van der Waals surface area (Å²) in [7, 11) is -2.76. The summed E-state index contributed by atoms with van der Waals surface area (Å²) in [5, 5.41) is 0. The van der Waals surface area contributed by atoms with Gasteiger partial charge in [0.15, 0.2) is 9.84 Å². The molecule has 0 amide bonds. The van der Waals surface area contributed by atoms with Crippen molar-refractivity contribution in [3.05, 3.63) is 0 Å². The third-order valence-electron chi connectivity index (χ3n) is 3.19. The Balaban J connectivity index is 2.26. The molecule has 4 heteroatoms. The summed E-state index contributed by atoms with van der Waals surface area (Å²) in [6, 6.07) is 0.0843. The molecule has 1 aliphatic rings. The van der Waals surface area contributed by atoms with Gasteiger partial charge in [0.25, 0.3) is 0 Å². The Morgan fingerprint density at radius 1 is 1.33 bits per heavy atom. The van der Waals surface area contributed by atoms with Crippen LogP contribution in [-0.2, 0) is 9.84 Å². The molecule has 0 radical (unpaired) electrons. The first-order valence-electron chi connectivity index (χ1n) is 5.87. The van der Waals surface area contributed by atoms with Crippen LogP contribution in [0.4, 0.5) is 0 Å². The van der Waals surface area contributed by atoms with Gasteiger partial charge in [0, 0.05) is 6.04 Å². The summed E-state index contributed by atoms with van der Waals surface area (Å²) in [5.41, 5.74) is 6.02. The highest BCUT2D eigenvalue weighted by molar-refractivity contribution is 7.91. The zero-order valence-electron chi connectivity index (χ0n) is 9.78. The SMILES string of the molecule is CC(C)CCCC(N)C1CCS(=O)(=O)C1. The second kappa shape index (κ2) is 5.30. The van der Waals surface area contributed by atoms with Crippen molar-refractivity contribution in [3.8, 4) is 0 Å². The molecule has 2 N–H and O–H groups in total. The third-order valence-corrected chi connectivity index (χ3v) is 4.99. The van der Waals surface area contributed by atoms with Gasteiger partial charge in [0.05, 0.1) is 11.5 Å². The van der Waals surface area contributed by atoms with Crippen molar-refractivity contribution in [2.24, 2.45) is 17.6 Å². The smallest absolute Gasteiger partial charge is 0.150 e. The Morgan fingerprint density at radius 2 is 2.00 bits per heavy atom. The van der Waals surface area contributed by atoms with Crippen molar-refractivity contribution in [2.45, 2.75) is 45.6 Å². The molecule has 15 heavy (non-hydrogen) atoms. The largest absolute Gasteiger partial charge is 0.327 e. The van der Waals surface area contributed by atoms with Crippen LogP contribution in [0.25, 0.3) is 0 Å². The molecule has 1 aliphatic heterocycles. The van der Waals surface area contributed by atoms with Gasteiger partial charge in [-0.15, -0.1) is 0 Å². The molecule has 1 heterocycles. The Hall–Kier alpha value is -0.0900. The van der Waals surface area contributed by atoms with E-state index in [1.54, 1.807) is 0 Å². The molecule has 0 aromatic heterocycles. The van der Waals surface area contributed by atoms with Gasteiger partial charge < -0.3 is 5.73 Å². The fourth-order valence-corrected chi connectivity index (χ4v) is 4.05. The molecule has 90 valence electrons. The minimum atomic E-state index is -2.76. The number of hydrogen-bond donors (Lipinski definition) is 1. The molecule has 0 aromatic carbocycles. The zero-order chi connectivity index (χ0) is 11.5. The normalized spacial score (nSPS) is 27.1. The number of rotatable bonds is 5. The zero-order valence-corrected chi connectivity index (χ0v) is 10.6. The second-order valence-corrected chi connectivity index (χ2v) is 7.38. The molecule has 1 fully saturated rings. The van der Waals surface area contributed by atoms with Gasteiger partial charge in [-0.1, -0.05) is 26.7 Å². The van der Waals surface area contributed by atoms with Gasteiger partial charge in [-0.2, -0.15) is 0 Å². The van der Waals surface area contributed by atoms with Crippen molar-refractivity contribution in [1.82, 2.24) is 0 Å². The van der Waals surface area contributed by atoms with Crippen molar-refractivity contribution in [1.29, 1.82) is 0 Å². The topological polar surface area (TPSA) is 60.2 Å². The van der Waals surface area contributed by atoms with E-state index in [9.17, 15) is 8.42 Å².